The smallest absolute Gasteiger partial charge is 0.139 e. The van der Waals surface area contributed by atoms with Crippen molar-refractivity contribution in [2.45, 2.75) is 6.54 Å². The molecule has 3 nitrogen and oxygen atoms in total. The molecule has 0 atom stereocenters. The molecule has 2 rings (SSSR count). The maximum absolute atomic E-state index is 5.48. The summed E-state index contributed by atoms with van der Waals surface area (Å²) in [5, 5.41) is 1.00. The maximum Gasteiger partial charge on any atom is 0.139 e. The Morgan fingerprint density at radius 2 is 2.50 bits per heavy atom. The summed E-state index contributed by atoms with van der Waals surface area (Å²) in [6, 6.07) is 3.96. The Morgan fingerprint density at radius 3 is 3.08 bits per heavy atom. The van der Waals surface area contributed by atoms with Crippen molar-refractivity contribution in [3.05, 3.63) is 29.4 Å². The van der Waals surface area contributed by atoms with E-state index >= 15 is 0 Å². The molecule has 3 N–H and O–H groups in total. The van der Waals surface area contributed by atoms with Crippen molar-refractivity contribution in [1.82, 2.24) is 9.97 Å². The van der Waals surface area contributed by atoms with E-state index in [2.05, 4.69) is 9.97 Å². The van der Waals surface area contributed by atoms with Crippen molar-refractivity contribution in [3.8, 4) is 10.7 Å². The number of aromatic amines is 1. The molecule has 0 aliphatic rings. The van der Waals surface area contributed by atoms with Gasteiger partial charge in [-0.25, -0.2) is 4.98 Å². The highest BCUT2D eigenvalue weighted by Gasteiger charge is 2.02. The molecule has 0 aliphatic heterocycles. The number of hydrogen-bond donors (Lipinski definition) is 2. The lowest BCUT2D eigenvalue weighted by atomic mass is 10.4. The lowest BCUT2D eigenvalue weighted by molar-refractivity contribution is 1.10. The molecule has 0 bridgehead atoms. The fourth-order valence-electron chi connectivity index (χ4n) is 0.990. The summed E-state index contributed by atoms with van der Waals surface area (Å²) in [5.74, 6) is 0. The lowest BCUT2D eigenvalue weighted by Gasteiger charge is -1.87. The highest BCUT2D eigenvalue weighted by Crippen LogP contribution is 2.22. The first-order chi connectivity index (χ1) is 5.90. The van der Waals surface area contributed by atoms with Crippen LogP contribution in [-0.2, 0) is 6.54 Å². The Hall–Kier alpha value is -1.13. The highest BCUT2D eigenvalue weighted by atomic mass is 32.1. The Kier molecular flexibility index (Phi) is 1.93. The van der Waals surface area contributed by atoms with Gasteiger partial charge >= 0.3 is 0 Å². The fraction of sp³-hybridized carbons (Fsp3) is 0.125. The summed E-state index contributed by atoms with van der Waals surface area (Å²) in [4.78, 5) is 8.45. The van der Waals surface area contributed by atoms with Gasteiger partial charge in [-0.1, -0.05) is 0 Å². The summed E-state index contributed by atoms with van der Waals surface area (Å²) >= 11 is 1.62. The van der Waals surface area contributed by atoms with Crippen LogP contribution in [0.4, 0.5) is 0 Å². The van der Waals surface area contributed by atoms with Crippen molar-refractivity contribution in [3.63, 3.8) is 0 Å². The number of thiazole rings is 1. The first kappa shape index (κ1) is 7.52. The van der Waals surface area contributed by atoms with E-state index in [1.54, 1.807) is 11.3 Å². The van der Waals surface area contributed by atoms with E-state index in [-0.39, 0.29) is 0 Å². The number of hydrogen-bond acceptors (Lipinski definition) is 3. The van der Waals surface area contributed by atoms with E-state index in [4.69, 9.17) is 5.73 Å². The van der Waals surface area contributed by atoms with E-state index in [0.29, 0.717) is 6.54 Å². The first-order valence-electron chi connectivity index (χ1n) is 3.68. The molecule has 0 spiro atoms. The molecule has 4 heteroatoms. The molecule has 12 heavy (non-hydrogen) atoms. The van der Waals surface area contributed by atoms with Crippen molar-refractivity contribution < 1.29 is 0 Å². The molecule has 0 aromatic carbocycles. The van der Waals surface area contributed by atoms with Crippen molar-refractivity contribution >= 4 is 11.3 Å². The van der Waals surface area contributed by atoms with Crippen LogP contribution in [0, 0.1) is 0 Å². The second-order valence-corrected chi connectivity index (χ2v) is 3.53. The number of aromatic nitrogens is 2. The van der Waals surface area contributed by atoms with Crippen LogP contribution in [-0.4, -0.2) is 9.97 Å². The Balaban J connectivity index is 2.35. The van der Waals surface area contributed by atoms with Gasteiger partial charge in [0, 0.05) is 23.8 Å². The van der Waals surface area contributed by atoms with Gasteiger partial charge in [0.25, 0.3) is 0 Å². The van der Waals surface area contributed by atoms with Crippen LogP contribution in [0.3, 0.4) is 0 Å². The average molecular weight is 179 g/mol. The van der Waals surface area contributed by atoms with Gasteiger partial charge < -0.3 is 10.7 Å². The van der Waals surface area contributed by atoms with Gasteiger partial charge in [-0.15, -0.1) is 11.3 Å². The highest BCUT2D eigenvalue weighted by molar-refractivity contribution is 7.14. The maximum atomic E-state index is 5.48. The molecule has 2 aromatic heterocycles. The molecule has 0 amide bonds. The average Bonchev–Trinajstić information content (AvgIpc) is 2.75. The lowest BCUT2D eigenvalue weighted by Crippen LogP contribution is -1.91. The van der Waals surface area contributed by atoms with Crippen LogP contribution in [0.15, 0.2) is 24.5 Å². The Bertz CT molecular complexity index is 350. The van der Waals surface area contributed by atoms with E-state index in [1.165, 1.54) is 0 Å². The molecular weight excluding hydrogens is 170 g/mol. The second kappa shape index (κ2) is 3.08. The standard InChI is InChI=1S/C8H9N3S/c9-4-6-5-11-8(12-6)7-2-1-3-10-7/h1-3,5,10H,4,9H2. The fourth-order valence-corrected chi connectivity index (χ4v) is 1.77. The number of nitrogens with two attached hydrogens (primary N) is 1. The van der Waals surface area contributed by atoms with Crippen LogP contribution in [0.1, 0.15) is 4.88 Å². The van der Waals surface area contributed by atoms with E-state index < -0.39 is 0 Å². The van der Waals surface area contributed by atoms with Crippen LogP contribution in [0.2, 0.25) is 0 Å². The summed E-state index contributed by atoms with van der Waals surface area (Å²) in [5.41, 5.74) is 6.53. The van der Waals surface area contributed by atoms with Crippen LogP contribution in [0.25, 0.3) is 10.7 Å². The third kappa shape index (κ3) is 1.26. The molecule has 0 fully saturated rings. The molecule has 2 aromatic rings. The molecule has 0 saturated carbocycles. The van der Waals surface area contributed by atoms with Gasteiger partial charge in [-0.2, -0.15) is 0 Å². The largest absolute Gasteiger partial charge is 0.359 e. The van der Waals surface area contributed by atoms with Crippen molar-refractivity contribution in [2.75, 3.05) is 0 Å². The van der Waals surface area contributed by atoms with Crippen LogP contribution < -0.4 is 5.73 Å². The third-order valence-corrected chi connectivity index (χ3v) is 2.64. The van der Waals surface area contributed by atoms with Gasteiger partial charge in [0.05, 0.1) is 5.69 Å². The zero-order chi connectivity index (χ0) is 8.39. The quantitative estimate of drug-likeness (QED) is 0.735. The van der Waals surface area contributed by atoms with Gasteiger partial charge in [-0.05, 0) is 12.1 Å². The molecule has 0 unspecified atom stereocenters. The van der Waals surface area contributed by atoms with Gasteiger partial charge in [0.15, 0.2) is 0 Å². The van der Waals surface area contributed by atoms with Crippen LogP contribution >= 0.6 is 11.3 Å². The number of nitrogens with one attached hydrogen (secondary N) is 1. The Labute approximate surface area is 74.3 Å². The topological polar surface area (TPSA) is 54.7 Å². The van der Waals surface area contributed by atoms with E-state index in [0.717, 1.165) is 15.6 Å². The van der Waals surface area contributed by atoms with Crippen LogP contribution in [0.5, 0.6) is 0 Å². The minimum Gasteiger partial charge on any atom is -0.359 e. The van der Waals surface area contributed by atoms with E-state index in [9.17, 15) is 0 Å². The molecular formula is C8H9N3S. The number of rotatable bonds is 2. The predicted octanol–water partition coefficient (Wildman–Crippen LogP) is 1.60. The normalized spacial score (nSPS) is 10.4. The number of H-pyrrole nitrogens is 1. The SMILES string of the molecule is NCc1cnc(-c2ccc[nH]2)s1. The molecule has 0 radical (unpaired) electrons. The molecule has 62 valence electrons. The Morgan fingerprint density at radius 1 is 1.58 bits per heavy atom. The minimum absolute atomic E-state index is 0.568. The van der Waals surface area contributed by atoms with Gasteiger partial charge in [0.2, 0.25) is 0 Å². The van der Waals surface area contributed by atoms with Crippen molar-refractivity contribution in [2.24, 2.45) is 5.73 Å². The van der Waals surface area contributed by atoms with Crippen molar-refractivity contribution in [1.29, 1.82) is 0 Å². The third-order valence-electron chi connectivity index (χ3n) is 1.58. The van der Waals surface area contributed by atoms with E-state index in [1.807, 2.05) is 24.5 Å². The summed E-state index contributed by atoms with van der Waals surface area (Å²) < 4.78 is 0. The monoisotopic (exact) mass is 179 g/mol. The van der Waals surface area contributed by atoms with Gasteiger partial charge in [0.1, 0.15) is 5.01 Å². The summed E-state index contributed by atoms with van der Waals surface area (Å²) in [6.45, 7) is 0.568. The first-order valence-corrected chi connectivity index (χ1v) is 4.50. The van der Waals surface area contributed by atoms with Gasteiger partial charge in [-0.3, -0.25) is 0 Å². The zero-order valence-electron chi connectivity index (χ0n) is 6.45. The molecule has 0 saturated heterocycles. The number of nitrogens with zero attached hydrogens (tertiary/aromatic N) is 1. The molecule has 0 aliphatic carbocycles. The minimum atomic E-state index is 0.568. The zero-order valence-corrected chi connectivity index (χ0v) is 7.27. The molecule has 2 heterocycles. The summed E-state index contributed by atoms with van der Waals surface area (Å²) in [6.07, 6.45) is 3.71. The summed E-state index contributed by atoms with van der Waals surface area (Å²) in [7, 11) is 0. The second-order valence-electron chi connectivity index (χ2n) is 2.42. The predicted molar refractivity (Wildman–Crippen MR) is 49.8 cm³/mol.